The summed E-state index contributed by atoms with van der Waals surface area (Å²) in [5, 5.41) is 7.93. The Kier molecular flexibility index (Phi) is 3.94. The number of halogens is 1. The standard InChI is InChI=1S/C16H20BrN3/c1-3-18-15(16-14(17)10-19-20(16)2)13-8-7-11-5-4-6-12(11)9-13/h7-10,15,18H,3-6H2,1-2H3. The van der Waals surface area contributed by atoms with Crippen molar-refractivity contribution in [2.75, 3.05) is 6.54 Å². The predicted octanol–water partition coefficient (Wildman–Crippen LogP) is 3.37. The van der Waals surface area contributed by atoms with E-state index in [0.717, 1.165) is 11.0 Å². The average molecular weight is 334 g/mol. The van der Waals surface area contributed by atoms with Gasteiger partial charge in [0.2, 0.25) is 0 Å². The lowest BCUT2D eigenvalue weighted by atomic mass is 9.99. The largest absolute Gasteiger partial charge is 0.305 e. The van der Waals surface area contributed by atoms with Gasteiger partial charge >= 0.3 is 0 Å². The summed E-state index contributed by atoms with van der Waals surface area (Å²) in [7, 11) is 2.00. The molecule has 0 fully saturated rings. The molecule has 2 aromatic rings. The Labute approximate surface area is 128 Å². The number of fused-ring (bicyclic) bond motifs is 1. The number of benzene rings is 1. The Morgan fingerprint density at radius 1 is 1.35 bits per heavy atom. The first kappa shape index (κ1) is 13.8. The van der Waals surface area contributed by atoms with E-state index < -0.39 is 0 Å². The number of hydrogen-bond donors (Lipinski definition) is 1. The van der Waals surface area contributed by atoms with Gasteiger partial charge in [0.15, 0.2) is 0 Å². The molecule has 0 saturated heterocycles. The third-order valence-electron chi connectivity index (χ3n) is 4.08. The zero-order valence-electron chi connectivity index (χ0n) is 12.0. The molecule has 3 nitrogen and oxygen atoms in total. The van der Waals surface area contributed by atoms with Crippen LogP contribution >= 0.6 is 15.9 Å². The minimum Gasteiger partial charge on any atom is -0.305 e. The molecule has 0 amide bonds. The lowest BCUT2D eigenvalue weighted by Crippen LogP contribution is -2.24. The molecule has 1 aromatic carbocycles. The Morgan fingerprint density at radius 2 is 2.15 bits per heavy atom. The summed E-state index contributed by atoms with van der Waals surface area (Å²) in [5.41, 5.74) is 5.55. The van der Waals surface area contributed by atoms with Crippen LogP contribution in [0.15, 0.2) is 28.9 Å². The van der Waals surface area contributed by atoms with Crippen molar-refractivity contribution < 1.29 is 0 Å². The second-order valence-corrected chi connectivity index (χ2v) is 6.23. The molecule has 4 heteroatoms. The Hall–Kier alpha value is -1.13. The van der Waals surface area contributed by atoms with Crippen molar-refractivity contribution in [3.05, 3.63) is 51.3 Å². The van der Waals surface area contributed by atoms with Crippen LogP contribution in [0.2, 0.25) is 0 Å². The molecule has 0 radical (unpaired) electrons. The zero-order chi connectivity index (χ0) is 14.1. The van der Waals surface area contributed by atoms with Crippen LogP contribution < -0.4 is 5.32 Å². The molecule has 1 atom stereocenters. The van der Waals surface area contributed by atoms with Crippen molar-refractivity contribution in [3.63, 3.8) is 0 Å². The van der Waals surface area contributed by atoms with E-state index in [1.165, 1.54) is 41.6 Å². The third-order valence-corrected chi connectivity index (χ3v) is 4.69. The Bertz CT molecular complexity index is 599. The zero-order valence-corrected chi connectivity index (χ0v) is 13.6. The maximum atomic E-state index is 4.35. The summed E-state index contributed by atoms with van der Waals surface area (Å²) in [5.74, 6) is 0. The van der Waals surface area contributed by atoms with Gasteiger partial charge in [-0.1, -0.05) is 25.1 Å². The fourth-order valence-electron chi connectivity index (χ4n) is 3.09. The minimum absolute atomic E-state index is 0.188. The van der Waals surface area contributed by atoms with Gasteiger partial charge in [0.25, 0.3) is 0 Å². The number of aromatic nitrogens is 2. The molecule has 0 spiro atoms. The summed E-state index contributed by atoms with van der Waals surface area (Å²) in [6, 6.07) is 7.12. The molecule has 3 rings (SSSR count). The highest BCUT2D eigenvalue weighted by Crippen LogP contribution is 2.31. The molecule has 1 aliphatic carbocycles. The molecule has 106 valence electrons. The van der Waals surface area contributed by atoms with Gasteiger partial charge in [-0.05, 0) is 58.4 Å². The van der Waals surface area contributed by atoms with Crippen LogP contribution in [-0.4, -0.2) is 16.3 Å². The van der Waals surface area contributed by atoms with Crippen molar-refractivity contribution in [1.29, 1.82) is 0 Å². The van der Waals surface area contributed by atoms with Crippen LogP contribution in [0.5, 0.6) is 0 Å². The molecule has 0 bridgehead atoms. The average Bonchev–Trinajstić information content (AvgIpc) is 3.03. The first-order valence-corrected chi connectivity index (χ1v) is 8.02. The number of nitrogens with zero attached hydrogens (tertiary/aromatic N) is 2. The first-order chi connectivity index (χ1) is 9.70. The van der Waals surface area contributed by atoms with E-state index in [0.29, 0.717) is 0 Å². The van der Waals surface area contributed by atoms with Gasteiger partial charge in [0.05, 0.1) is 22.4 Å². The van der Waals surface area contributed by atoms with Gasteiger partial charge in [0, 0.05) is 7.05 Å². The highest BCUT2D eigenvalue weighted by atomic mass is 79.9. The van der Waals surface area contributed by atoms with Crippen LogP contribution in [0.4, 0.5) is 0 Å². The molecule has 1 heterocycles. The van der Waals surface area contributed by atoms with E-state index in [2.05, 4.69) is 51.5 Å². The number of rotatable bonds is 4. The van der Waals surface area contributed by atoms with E-state index in [-0.39, 0.29) is 6.04 Å². The normalized spacial score (nSPS) is 15.3. The van der Waals surface area contributed by atoms with E-state index in [4.69, 9.17) is 0 Å². The summed E-state index contributed by atoms with van der Waals surface area (Å²) < 4.78 is 3.01. The fourth-order valence-corrected chi connectivity index (χ4v) is 3.67. The van der Waals surface area contributed by atoms with Crippen molar-refractivity contribution in [2.24, 2.45) is 7.05 Å². The first-order valence-electron chi connectivity index (χ1n) is 7.23. The lowest BCUT2D eigenvalue weighted by molar-refractivity contribution is 0.570. The van der Waals surface area contributed by atoms with Gasteiger partial charge in [-0.15, -0.1) is 0 Å². The maximum Gasteiger partial charge on any atom is 0.0759 e. The SMILES string of the molecule is CCNC(c1ccc2c(c1)CCC2)c1c(Br)cnn1C. The van der Waals surface area contributed by atoms with Crippen molar-refractivity contribution in [2.45, 2.75) is 32.2 Å². The van der Waals surface area contributed by atoms with Crippen molar-refractivity contribution >= 4 is 15.9 Å². The molecule has 1 aliphatic rings. The van der Waals surface area contributed by atoms with E-state index in [9.17, 15) is 0 Å². The van der Waals surface area contributed by atoms with Gasteiger partial charge in [-0.3, -0.25) is 4.68 Å². The topological polar surface area (TPSA) is 29.9 Å². The molecule has 0 aliphatic heterocycles. The molecule has 20 heavy (non-hydrogen) atoms. The second kappa shape index (κ2) is 5.70. The molecule has 1 aromatic heterocycles. The molecule has 1 N–H and O–H groups in total. The van der Waals surface area contributed by atoms with Gasteiger partial charge in [0.1, 0.15) is 0 Å². The van der Waals surface area contributed by atoms with Gasteiger partial charge < -0.3 is 5.32 Å². The number of nitrogens with one attached hydrogen (secondary N) is 1. The number of hydrogen-bond acceptors (Lipinski definition) is 2. The van der Waals surface area contributed by atoms with E-state index in [1.54, 1.807) is 0 Å². The summed E-state index contributed by atoms with van der Waals surface area (Å²) in [6.45, 7) is 3.07. The highest BCUT2D eigenvalue weighted by molar-refractivity contribution is 9.10. The van der Waals surface area contributed by atoms with Gasteiger partial charge in [-0.25, -0.2) is 0 Å². The molecule has 0 saturated carbocycles. The second-order valence-electron chi connectivity index (χ2n) is 5.37. The van der Waals surface area contributed by atoms with E-state index >= 15 is 0 Å². The monoisotopic (exact) mass is 333 g/mol. The van der Waals surface area contributed by atoms with Crippen LogP contribution in [0, 0.1) is 0 Å². The quantitative estimate of drug-likeness (QED) is 0.929. The summed E-state index contributed by atoms with van der Waals surface area (Å²) >= 11 is 3.62. The lowest BCUT2D eigenvalue weighted by Gasteiger charge is -2.20. The number of aryl methyl sites for hydroxylation is 3. The van der Waals surface area contributed by atoms with E-state index in [1.807, 2.05) is 17.9 Å². The predicted molar refractivity (Wildman–Crippen MR) is 84.9 cm³/mol. The van der Waals surface area contributed by atoms with Crippen LogP contribution in [0.1, 0.15) is 41.8 Å². The summed E-state index contributed by atoms with van der Waals surface area (Å²) in [4.78, 5) is 0. The minimum atomic E-state index is 0.188. The highest BCUT2D eigenvalue weighted by Gasteiger charge is 2.21. The Balaban J connectivity index is 2.03. The van der Waals surface area contributed by atoms with Crippen LogP contribution in [0.3, 0.4) is 0 Å². The van der Waals surface area contributed by atoms with Crippen molar-refractivity contribution in [1.82, 2.24) is 15.1 Å². The smallest absolute Gasteiger partial charge is 0.0759 e. The maximum absolute atomic E-state index is 4.35. The molecular formula is C16H20BrN3. The summed E-state index contributed by atoms with van der Waals surface area (Å²) in [6.07, 6.45) is 5.61. The van der Waals surface area contributed by atoms with Crippen LogP contribution in [-0.2, 0) is 19.9 Å². The third kappa shape index (κ3) is 2.42. The molecule has 1 unspecified atom stereocenters. The Morgan fingerprint density at radius 3 is 2.85 bits per heavy atom. The fraction of sp³-hybridized carbons (Fsp3) is 0.438. The van der Waals surface area contributed by atoms with Crippen LogP contribution in [0.25, 0.3) is 0 Å². The van der Waals surface area contributed by atoms with Gasteiger partial charge in [-0.2, -0.15) is 5.10 Å². The van der Waals surface area contributed by atoms with Crippen molar-refractivity contribution in [3.8, 4) is 0 Å². The molecular weight excluding hydrogens is 314 g/mol.